The Bertz CT molecular complexity index is 850. The number of hydrogen-bond acceptors (Lipinski definition) is 4. The van der Waals surface area contributed by atoms with Crippen molar-refractivity contribution < 1.29 is 4.79 Å². The summed E-state index contributed by atoms with van der Waals surface area (Å²) in [5.41, 5.74) is 2.74. The molecule has 22 heavy (non-hydrogen) atoms. The Hall–Kier alpha value is -2.57. The number of pyridine rings is 1. The zero-order valence-corrected chi connectivity index (χ0v) is 12.7. The minimum absolute atomic E-state index is 0.187. The van der Waals surface area contributed by atoms with Crippen LogP contribution in [0, 0.1) is 0 Å². The van der Waals surface area contributed by atoms with Crippen molar-refractivity contribution >= 4 is 28.0 Å². The number of nitrogens with one attached hydrogen (secondary N) is 1. The number of imidazole rings is 1. The van der Waals surface area contributed by atoms with E-state index >= 15 is 0 Å². The highest BCUT2D eigenvalue weighted by Gasteiger charge is 2.31. The lowest BCUT2D eigenvalue weighted by Crippen LogP contribution is -2.38. The summed E-state index contributed by atoms with van der Waals surface area (Å²) in [5, 5.41) is 3.22. The number of rotatable bonds is 2. The Morgan fingerprint density at radius 3 is 3.14 bits per heavy atom. The van der Waals surface area contributed by atoms with Gasteiger partial charge in [0.25, 0.3) is 0 Å². The largest absolute Gasteiger partial charge is 0.346 e. The van der Waals surface area contributed by atoms with Crippen molar-refractivity contribution in [2.75, 3.05) is 18.2 Å². The molecule has 0 radical (unpaired) electrons. The third kappa shape index (κ3) is 1.78. The summed E-state index contributed by atoms with van der Waals surface area (Å²) in [7, 11) is 0. The molecule has 1 atom stereocenters. The summed E-state index contributed by atoms with van der Waals surface area (Å²) in [6, 6.07) is 2.26. The van der Waals surface area contributed by atoms with E-state index < -0.39 is 0 Å². The maximum absolute atomic E-state index is 12.0. The van der Waals surface area contributed by atoms with Gasteiger partial charge in [-0.1, -0.05) is 6.92 Å². The Labute approximate surface area is 127 Å². The maximum atomic E-state index is 12.0. The Kier molecular flexibility index (Phi) is 2.82. The van der Waals surface area contributed by atoms with Crippen LogP contribution in [0.1, 0.15) is 20.3 Å². The average molecular weight is 298 g/mol. The zero-order chi connectivity index (χ0) is 15.3. The fourth-order valence-corrected chi connectivity index (χ4v) is 3.16. The third-order valence-corrected chi connectivity index (χ3v) is 4.32. The first-order valence-electron chi connectivity index (χ1n) is 7.53. The van der Waals surface area contributed by atoms with Gasteiger partial charge in [-0.2, -0.15) is 0 Å². The van der Waals surface area contributed by atoms with Crippen LogP contribution in [0.25, 0.3) is 22.1 Å². The summed E-state index contributed by atoms with van der Waals surface area (Å²) >= 11 is 0. The van der Waals surface area contributed by atoms with Gasteiger partial charge in [0.1, 0.15) is 29.7 Å². The monoisotopic (exact) mass is 298 g/mol. The lowest BCUT2D eigenvalue weighted by molar-refractivity contribution is -0.129. The van der Waals surface area contributed by atoms with Crippen LogP contribution in [0.3, 0.4) is 0 Å². The molecule has 0 aliphatic carbocycles. The number of nitrogens with zero attached hydrogens (tertiary/aromatic N) is 5. The molecule has 7 nitrogen and oxygen atoms in total. The highest BCUT2D eigenvalue weighted by Crippen LogP contribution is 2.24. The van der Waals surface area contributed by atoms with E-state index in [1.807, 2.05) is 30.4 Å². The summed E-state index contributed by atoms with van der Waals surface area (Å²) in [6.45, 7) is 5.36. The van der Waals surface area contributed by atoms with E-state index in [9.17, 15) is 4.79 Å². The van der Waals surface area contributed by atoms with Crippen molar-refractivity contribution in [3.8, 4) is 0 Å². The number of H-pyrrole nitrogens is 1. The second-order valence-corrected chi connectivity index (χ2v) is 5.72. The van der Waals surface area contributed by atoms with Crippen molar-refractivity contribution in [2.24, 2.45) is 0 Å². The number of fused-ring (bicyclic) bond motifs is 3. The molecule has 1 aliphatic heterocycles. The van der Waals surface area contributed by atoms with Crippen LogP contribution in [0.4, 0.5) is 0 Å². The topological polar surface area (TPSA) is 70.1 Å². The van der Waals surface area contributed by atoms with E-state index in [4.69, 9.17) is 0 Å². The fourth-order valence-electron chi connectivity index (χ4n) is 3.16. The Morgan fingerprint density at radius 2 is 2.32 bits per heavy atom. The predicted molar refractivity (Wildman–Crippen MR) is 83.9 cm³/mol. The van der Waals surface area contributed by atoms with E-state index in [-0.39, 0.29) is 11.9 Å². The van der Waals surface area contributed by atoms with E-state index in [2.05, 4.69) is 31.6 Å². The standard InChI is InChI=1S/C15H18N6O/c1-3-13(22)19-7-10(2)21(9-19)20-8-18-12-6-17-15-11(14(12)20)4-5-16-15/h4-6,8,10H,3,7,9H2,1-2H3,(H,16,17). The van der Waals surface area contributed by atoms with E-state index in [1.54, 1.807) is 6.20 Å². The first-order chi connectivity index (χ1) is 10.7. The van der Waals surface area contributed by atoms with Gasteiger partial charge in [0, 0.05) is 24.5 Å². The molecule has 4 rings (SSSR count). The molecule has 1 saturated heterocycles. The van der Waals surface area contributed by atoms with Gasteiger partial charge in [0.15, 0.2) is 0 Å². The molecule has 1 unspecified atom stereocenters. The molecule has 7 heteroatoms. The predicted octanol–water partition coefficient (Wildman–Crippen LogP) is 1.45. The number of aromatic nitrogens is 4. The molecule has 3 aromatic rings. The van der Waals surface area contributed by atoms with Crippen molar-refractivity contribution in [3.05, 3.63) is 24.8 Å². The SMILES string of the molecule is CCC(=O)N1CC(C)N(n2cnc3cnc4[nH]ccc4c32)C1. The Balaban J connectivity index is 1.81. The van der Waals surface area contributed by atoms with Crippen LogP contribution in [0.5, 0.6) is 0 Å². The minimum atomic E-state index is 0.187. The summed E-state index contributed by atoms with van der Waals surface area (Å²) in [6.07, 6.45) is 6.02. The van der Waals surface area contributed by atoms with Gasteiger partial charge < -0.3 is 9.88 Å². The van der Waals surface area contributed by atoms with E-state index in [1.165, 1.54) is 0 Å². The minimum Gasteiger partial charge on any atom is -0.346 e. The molecule has 1 N–H and O–H groups in total. The van der Waals surface area contributed by atoms with Gasteiger partial charge in [-0.3, -0.25) is 9.80 Å². The number of aromatic amines is 1. The smallest absolute Gasteiger partial charge is 0.223 e. The molecule has 0 bridgehead atoms. The normalized spacial score (nSPS) is 18.7. The van der Waals surface area contributed by atoms with Crippen molar-refractivity contribution in [1.29, 1.82) is 0 Å². The van der Waals surface area contributed by atoms with Gasteiger partial charge >= 0.3 is 0 Å². The van der Waals surface area contributed by atoms with Gasteiger partial charge in [0.05, 0.1) is 12.2 Å². The third-order valence-electron chi connectivity index (χ3n) is 4.32. The second-order valence-electron chi connectivity index (χ2n) is 5.72. The molecule has 0 spiro atoms. The van der Waals surface area contributed by atoms with Crippen molar-refractivity contribution in [2.45, 2.75) is 26.3 Å². The number of amides is 1. The van der Waals surface area contributed by atoms with Crippen LogP contribution in [-0.4, -0.2) is 49.7 Å². The number of carbonyl (C=O) groups is 1. The molecule has 1 aliphatic rings. The van der Waals surface area contributed by atoms with Gasteiger partial charge in [-0.05, 0) is 13.0 Å². The molecule has 1 amide bonds. The molecule has 114 valence electrons. The van der Waals surface area contributed by atoms with Gasteiger partial charge in [0.2, 0.25) is 5.91 Å². The molecule has 1 fully saturated rings. The Morgan fingerprint density at radius 1 is 1.45 bits per heavy atom. The summed E-state index contributed by atoms with van der Waals surface area (Å²) < 4.78 is 2.06. The average Bonchev–Trinajstić information content (AvgIpc) is 3.22. The lowest BCUT2D eigenvalue weighted by atomic mass is 10.3. The first kappa shape index (κ1) is 13.1. The maximum Gasteiger partial charge on any atom is 0.223 e. The fraction of sp³-hybridized carbons (Fsp3) is 0.400. The highest BCUT2D eigenvalue weighted by molar-refractivity contribution is 6.01. The van der Waals surface area contributed by atoms with Gasteiger partial charge in [-0.25, -0.2) is 14.6 Å². The second kappa shape index (κ2) is 4.72. The van der Waals surface area contributed by atoms with Crippen molar-refractivity contribution in [1.82, 2.24) is 24.5 Å². The highest BCUT2D eigenvalue weighted by atomic mass is 16.2. The van der Waals surface area contributed by atoms with Crippen LogP contribution in [-0.2, 0) is 4.79 Å². The molecular formula is C15H18N6O. The first-order valence-corrected chi connectivity index (χ1v) is 7.53. The van der Waals surface area contributed by atoms with Crippen LogP contribution < -0.4 is 5.01 Å². The van der Waals surface area contributed by atoms with Crippen LogP contribution >= 0.6 is 0 Å². The van der Waals surface area contributed by atoms with E-state index in [0.29, 0.717) is 13.1 Å². The molecule has 0 aromatic carbocycles. The molecule has 3 aromatic heterocycles. The number of carbonyl (C=O) groups excluding carboxylic acids is 1. The molecule has 4 heterocycles. The summed E-state index contributed by atoms with van der Waals surface area (Å²) in [4.78, 5) is 25.8. The summed E-state index contributed by atoms with van der Waals surface area (Å²) in [5.74, 6) is 0.187. The van der Waals surface area contributed by atoms with E-state index in [0.717, 1.165) is 28.6 Å². The molecular weight excluding hydrogens is 280 g/mol. The molecule has 0 saturated carbocycles. The van der Waals surface area contributed by atoms with Crippen molar-refractivity contribution in [3.63, 3.8) is 0 Å². The van der Waals surface area contributed by atoms with Gasteiger partial charge in [-0.15, -0.1) is 0 Å². The number of hydrogen-bond donors (Lipinski definition) is 1. The van der Waals surface area contributed by atoms with Crippen LogP contribution in [0.15, 0.2) is 24.8 Å². The lowest BCUT2D eigenvalue weighted by Gasteiger charge is -2.24. The zero-order valence-electron chi connectivity index (χ0n) is 12.7. The van der Waals surface area contributed by atoms with Crippen LogP contribution in [0.2, 0.25) is 0 Å². The quantitative estimate of drug-likeness (QED) is 0.777.